The number of aryl methyl sites for hydroxylation is 2. The van der Waals surface area contributed by atoms with E-state index in [4.69, 9.17) is 4.74 Å². The minimum atomic E-state index is -0.223. The first kappa shape index (κ1) is 22.0. The Hall–Kier alpha value is -3.16. The van der Waals surface area contributed by atoms with E-state index >= 15 is 0 Å². The molecule has 1 aliphatic heterocycles. The van der Waals surface area contributed by atoms with Crippen LogP contribution in [0, 0.1) is 6.92 Å². The molecule has 0 aliphatic carbocycles. The molecule has 0 radical (unpaired) electrons. The van der Waals surface area contributed by atoms with Crippen LogP contribution >= 0.6 is 12.4 Å². The molecule has 0 atom stereocenters. The number of hydrogen-bond donors (Lipinski definition) is 1. The van der Waals surface area contributed by atoms with Crippen molar-refractivity contribution in [3.05, 3.63) is 81.7 Å². The largest absolute Gasteiger partial charge is 0.487 e. The number of halogens is 1. The monoisotopic (exact) mass is 451 g/mol. The van der Waals surface area contributed by atoms with Crippen molar-refractivity contribution in [2.75, 3.05) is 13.1 Å². The van der Waals surface area contributed by atoms with Gasteiger partial charge in [-0.25, -0.2) is 0 Å². The van der Waals surface area contributed by atoms with E-state index in [1.807, 2.05) is 31.2 Å². The molecule has 5 rings (SSSR count). The van der Waals surface area contributed by atoms with Gasteiger partial charge < -0.3 is 14.6 Å². The zero-order chi connectivity index (χ0) is 21.4. The van der Waals surface area contributed by atoms with E-state index in [1.165, 1.54) is 27.4 Å². The lowest BCUT2D eigenvalue weighted by atomic mass is 10.1. The third kappa shape index (κ3) is 4.13. The van der Waals surface area contributed by atoms with Crippen LogP contribution in [0.2, 0.25) is 0 Å². The second-order valence-electron chi connectivity index (χ2n) is 7.97. The van der Waals surface area contributed by atoms with Crippen LogP contribution in [0.5, 0.6) is 5.75 Å². The molecule has 0 spiro atoms. The van der Waals surface area contributed by atoms with Crippen molar-refractivity contribution in [1.29, 1.82) is 0 Å². The maximum absolute atomic E-state index is 12.8. The van der Waals surface area contributed by atoms with Gasteiger partial charge in [0.05, 0.1) is 17.4 Å². The maximum atomic E-state index is 12.8. The minimum Gasteiger partial charge on any atom is -0.487 e. The summed E-state index contributed by atoms with van der Waals surface area (Å²) in [5.41, 5.74) is 6.33. The quantitative estimate of drug-likeness (QED) is 0.516. The molecule has 1 aromatic carbocycles. The number of benzene rings is 1. The van der Waals surface area contributed by atoms with Crippen LogP contribution in [0.25, 0.3) is 16.6 Å². The van der Waals surface area contributed by atoms with E-state index < -0.39 is 0 Å². The second-order valence-corrected chi connectivity index (χ2v) is 7.97. The van der Waals surface area contributed by atoms with E-state index in [9.17, 15) is 4.79 Å². The molecule has 0 saturated heterocycles. The number of ether oxygens (including phenoxy) is 1. The average molecular weight is 452 g/mol. The van der Waals surface area contributed by atoms with Crippen LogP contribution in [-0.4, -0.2) is 32.4 Å². The predicted molar refractivity (Wildman–Crippen MR) is 127 cm³/mol. The van der Waals surface area contributed by atoms with Gasteiger partial charge in [-0.05, 0) is 43.7 Å². The molecule has 0 bridgehead atoms. The SMILES string of the molecule is Cc1ccc(COc2cnn(-c3ccc4c5c(n(C)c4c3)CCNCC5)c(=O)c2)cn1.Cl. The van der Waals surface area contributed by atoms with Gasteiger partial charge in [-0.15, -0.1) is 12.4 Å². The van der Waals surface area contributed by atoms with Crippen molar-refractivity contribution >= 4 is 23.3 Å². The number of nitrogens with zero attached hydrogens (tertiary/aromatic N) is 4. The topological polar surface area (TPSA) is 74.0 Å². The first-order chi connectivity index (χ1) is 15.1. The highest BCUT2D eigenvalue weighted by atomic mass is 35.5. The van der Waals surface area contributed by atoms with Crippen LogP contribution in [-0.2, 0) is 26.5 Å². The van der Waals surface area contributed by atoms with Gasteiger partial charge in [0.2, 0.25) is 0 Å². The van der Waals surface area contributed by atoms with E-state index in [2.05, 4.69) is 33.1 Å². The van der Waals surface area contributed by atoms with Gasteiger partial charge in [0.1, 0.15) is 12.4 Å². The Morgan fingerprint density at radius 1 is 1.09 bits per heavy atom. The Morgan fingerprint density at radius 2 is 1.94 bits per heavy atom. The highest BCUT2D eigenvalue weighted by Gasteiger charge is 2.17. The lowest BCUT2D eigenvalue weighted by Crippen LogP contribution is -2.20. The van der Waals surface area contributed by atoms with Crippen molar-refractivity contribution in [2.45, 2.75) is 26.4 Å². The molecule has 0 unspecified atom stereocenters. The van der Waals surface area contributed by atoms with Crippen molar-refractivity contribution in [3.8, 4) is 11.4 Å². The van der Waals surface area contributed by atoms with Gasteiger partial charge in [0, 0.05) is 54.6 Å². The van der Waals surface area contributed by atoms with Gasteiger partial charge in [-0.2, -0.15) is 9.78 Å². The van der Waals surface area contributed by atoms with Gasteiger partial charge in [0.25, 0.3) is 5.56 Å². The molecule has 1 N–H and O–H groups in total. The fraction of sp³-hybridized carbons (Fsp3) is 0.292. The maximum Gasteiger partial charge on any atom is 0.275 e. The summed E-state index contributed by atoms with van der Waals surface area (Å²) in [6, 6.07) is 11.5. The third-order valence-corrected chi connectivity index (χ3v) is 5.91. The molecule has 32 heavy (non-hydrogen) atoms. The van der Waals surface area contributed by atoms with Crippen molar-refractivity contribution < 1.29 is 4.74 Å². The van der Waals surface area contributed by atoms with Crippen molar-refractivity contribution in [3.63, 3.8) is 0 Å². The molecule has 7 nitrogen and oxygen atoms in total. The molecule has 0 amide bonds. The van der Waals surface area contributed by atoms with Gasteiger partial charge in [-0.3, -0.25) is 9.78 Å². The summed E-state index contributed by atoms with van der Waals surface area (Å²) < 4.78 is 9.40. The highest BCUT2D eigenvalue weighted by molar-refractivity contribution is 5.87. The van der Waals surface area contributed by atoms with Crippen molar-refractivity contribution in [2.24, 2.45) is 7.05 Å². The summed E-state index contributed by atoms with van der Waals surface area (Å²) in [6.07, 6.45) is 5.39. The smallest absolute Gasteiger partial charge is 0.275 e. The number of fused-ring (bicyclic) bond motifs is 3. The molecule has 166 valence electrons. The zero-order valence-electron chi connectivity index (χ0n) is 18.2. The number of pyridine rings is 1. The van der Waals surface area contributed by atoms with Crippen LogP contribution < -0.4 is 15.6 Å². The predicted octanol–water partition coefficient (Wildman–Crippen LogP) is 3.12. The first-order valence-electron chi connectivity index (χ1n) is 10.5. The Balaban J connectivity index is 0.00000245. The van der Waals surface area contributed by atoms with Gasteiger partial charge in [0.15, 0.2) is 0 Å². The normalized spacial score (nSPS) is 13.3. The summed E-state index contributed by atoms with van der Waals surface area (Å²) in [4.78, 5) is 17.0. The molecule has 4 heterocycles. The lowest BCUT2D eigenvalue weighted by molar-refractivity contribution is 0.302. The van der Waals surface area contributed by atoms with Gasteiger partial charge in [-0.1, -0.05) is 12.1 Å². The number of rotatable bonds is 4. The summed E-state index contributed by atoms with van der Waals surface area (Å²) in [5, 5.41) is 9.07. The Morgan fingerprint density at radius 3 is 2.72 bits per heavy atom. The molecular formula is C24H26ClN5O2. The average Bonchev–Trinajstić information content (AvgIpc) is 2.93. The number of nitrogens with one attached hydrogen (secondary N) is 1. The molecule has 4 aromatic rings. The Labute approximate surface area is 192 Å². The third-order valence-electron chi connectivity index (χ3n) is 5.91. The first-order valence-corrected chi connectivity index (χ1v) is 10.5. The standard InChI is InChI=1S/C24H25N5O2.ClH/c1-16-3-4-17(13-26-16)15-31-19-12-24(30)29(27-14-19)18-5-6-20-21-7-9-25-10-8-22(21)28(2)23(20)11-18;/h3-6,11-14,25H,7-10,15H2,1-2H3;1H. The highest BCUT2D eigenvalue weighted by Crippen LogP contribution is 2.28. The van der Waals surface area contributed by atoms with E-state index in [0.29, 0.717) is 12.4 Å². The molecule has 3 aromatic heterocycles. The number of aromatic nitrogens is 4. The van der Waals surface area contributed by atoms with E-state index in [0.717, 1.165) is 48.4 Å². The zero-order valence-corrected chi connectivity index (χ0v) is 19.0. The number of hydrogen-bond acceptors (Lipinski definition) is 5. The molecule has 0 fully saturated rings. The minimum absolute atomic E-state index is 0. The van der Waals surface area contributed by atoms with Crippen molar-refractivity contribution in [1.82, 2.24) is 24.6 Å². The molecular weight excluding hydrogens is 426 g/mol. The fourth-order valence-corrected chi connectivity index (χ4v) is 4.25. The molecule has 1 aliphatic rings. The van der Waals surface area contributed by atoms with Crippen LogP contribution in [0.4, 0.5) is 0 Å². The summed E-state index contributed by atoms with van der Waals surface area (Å²) in [5.74, 6) is 0.445. The van der Waals surface area contributed by atoms with Crippen LogP contribution in [0.15, 0.2) is 53.6 Å². The second kappa shape index (κ2) is 9.14. The van der Waals surface area contributed by atoms with Crippen LogP contribution in [0.3, 0.4) is 0 Å². The summed E-state index contributed by atoms with van der Waals surface area (Å²) >= 11 is 0. The fourth-order valence-electron chi connectivity index (χ4n) is 4.25. The molecule has 0 saturated carbocycles. The van der Waals surface area contributed by atoms with Crippen LogP contribution in [0.1, 0.15) is 22.5 Å². The summed E-state index contributed by atoms with van der Waals surface area (Å²) in [6.45, 7) is 4.27. The Bertz CT molecular complexity index is 1310. The van der Waals surface area contributed by atoms with E-state index in [1.54, 1.807) is 12.4 Å². The van der Waals surface area contributed by atoms with Gasteiger partial charge >= 0.3 is 0 Å². The summed E-state index contributed by atoms with van der Waals surface area (Å²) in [7, 11) is 2.10. The molecule has 8 heteroatoms. The Kier molecular flexibility index (Phi) is 6.30. The lowest BCUT2D eigenvalue weighted by Gasteiger charge is -2.09. The van der Waals surface area contributed by atoms with E-state index in [-0.39, 0.29) is 18.0 Å².